The quantitative estimate of drug-likeness (QED) is 0.600. The van der Waals surface area contributed by atoms with Gasteiger partial charge in [0.15, 0.2) is 6.61 Å². The number of esters is 1. The summed E-state index contributed by atoms with van der Waals surface area (Å²) in [5.41, 5.74) is 9.71. The minimum Gasteiger partial charge on any atom is -0.482 e. The van der Waals surface area contributed by atoms with Crippen molar-refractivity contribution in [3.63, 3.8) is 0 Å². The molecular weight excluding hydrogens is 370 g/mol. The minimum absolute atomic E-state index is 0.158. The molecule has 29 heavy (non-hydrogen) atoms. The van der Waals surface area contributed by atoms with Crippen LogP contribution in [-0.4, -0.2) is 30.6 Å². The van der Waals surface area contributed by atoms with Crippen LogP contribution < -0.4 is 15.8 Å². The van der Waals surface area contributed by atoms with Crippen LogP contribution in [-0.2, 0) is 16.1 Å². The van der Waals surface area contributed by atoms with Gasteiger partial charge in [-0.15, -0.1) is 0 Å². The molecule has 0 aliphatic heterocycles. The Hall–Kier alpha value is -3.71. The Morgan fingerprint density at radius 1 is 1.03 bits per heavy atom. The highest BCUT2D eigenvalue weighted by Gasteiger charge is 2.12. The molecule has 0 aliphatic carbocycles. The third-order valence-corrected chi connectivity index (χ3v) is 4.28. The van der Waals surface area contributed by atoms with Crippen molar-refractivity contribution in [3.05, 3.63) is 78.1 Å². The van der Waals surface area contributed by atoms with Gasteiger partial charge in [0.2, 0.25) is 0 Å². The molecule has 1 aromatic heterocycles. The normalized spacial score (nSPS) is 10.3. The summed E-state index contributed by atoms with van der Waals surface area (Å²) < 4.78 is 9.92. The highest BCUT2D eigenvalue weighted by atomic mass is 16.6. The van der Waals surface area contributed by atoms with Gasteiger partial charge in [-0.2, -0.15) is 0 Å². The number of aromatic nitrogens is 1. The molecule has 0 bridgehead atoms. The minimum atomic E-state index is -0.451. The van der Waals surface area contributed by atoms with E-state index in [2.05, 4.69) is 15.0 Å². The molecule has 3 N–H and O–H groups in total. The maximum atomic E-state index is 12.6. The predicted octanol–water partition coefficient (Wildman–Crippen LogP) is 3.01. The molecule has 3 rings (SSSR count). The van der Waals surface area contributed by atoms with Crippen LogP contribution in [0.3, 0.4) is 0 Å². The highest BCUT2D eigenvalue weighted by Crippen LogP contribution is 2.27. The summed E-state index contributed by atoms with van der Waals surface area (Å²) in [7, 11) is 1.31. The fourth-order valence-electron chi connectivity index (χ4n) is 2.73. The molecular formula is C22H21N3O4. The van der Waals surface area contributed by atoms with Crippen LogP contribution in [0.25, 0.3) is 11.1 Å². The zero-order valence-electron chi connectivity index (χ0n) is 15.9. The number of nitrogens with zero attached hydrogens (tertiary/aromatic N) is 1. The van der Waals surface area contributed by atoms with Gasteiger partial charge < -0.3 is 20.5 Å². The van der Waals surface area contributed by atoms with Crippen molar-refractivity contribution in [2.24, 2.45) is 5.73 Å². The topological polar surface area (TPSA) is 104 Å². The van der Waals surface area contributed by atoms with Crippen LogP contribution in [0.15, 0.2) is 67.0 Å². The van der Waals surface area contributed by atoms with E-state index < -0.39 is 5.97 Å². The molecule has 148 valence electrons. The summed E-state index contributed by atoms with van der Waals surface area (Å²) in [6, 6.07) is 16.1. The average molecular weight is 391 g/mol. The van der Waals surface area contributed by atoms with E-state index in [9.17, 15) is 9.59 Å². The van der Waals surface area contributed by atoms with E-state index in [1.165, 1.54) is 7.11 Å². The summed E-state index contributed by atoms with van der Waals surface area (Å²) in [5.74, 6) is -0.133. The number of hydrogen-bond donors (Lipinski definition) is 2. The van der Waals surface area contributed by atoms with E-state index in [-0.39, 0.29) is 12.5 Å². The first-order valence-corrected chi connectivity index (χ1v) is 8.95. The van der Waals surface area contributed by atoms with Crippen LogP contribution in [0.4, 0.5) is 5.69 Å². The number of carbonyl (C=O) groups excluding carboxylic acids is 2. The van der Waals surface area contributed by atoms with Crippen molar-refractivity contribution in [2.45, 2.75) is 6.54 Å². The van der Waals surface area contributed by atoms with Gasteiger partial charge in [-0.3, -0.25) is 9.78 Å². The Bertz CT molecular complexity index is 989. The molecule has 1 heterocycles. The van der Waals surface area contributed by atoms with E-state index in [0.717, 1.165) is 16.7 Å². The molecule has 0 spiro atoms. The SMILES string of the molecule is COC(=O)COc1ccc(-c2cc(C(=O)Nc3ccncc3)ccc2CN)cc1. The maximum Gasteiger partial charge on any atom is 0.343 e. The van der Waals surface area contributed by atoms with Crippen molar-refractivity contribution in [1.82, 2.24) is 4.98 Å². The number of methoxy groups -OCH3 is 1. The lowest BCUT2D eigenvalue weighted by Gasteiger charge is -2.12. The second kappa shape index (κ2) is 9.48. The molecule has 0 aliphatic rings. The lowest BCUT2D eigenvalue weighted by molar-refractivity contribution is -0.142. The molecule has 0 unspecified atom stereocenters. The van der Waals surface area contributed by atoms with Crippen molar-refractivity contribution < 1.29 is 19.1 Å². The zero-order valence-corrected chi connectivity index (χ0v) is 15.9. The number of carbonyl (C=O) groups is 2. The zero-order chi connectivity index (χ0) is 20.6. The second-order valence-corrected chi connectivity index (χ2v) is 6.16. The lowest BCUT2D eigenvalue weighted by atomic mass is 9.97. The van der Waals surface area contributed by atoms with Crippen molar-refractivity contribution in [3.8, 4) is 16.9 Å². The Morgan fingerprint density at radius 3 is 2.41 bits per heavy atom. The fraction of sp³-hybridized carbons (Fsp3) is 0.136. The monoisotopic (exact) mass is 391 g/mol. The summed E-state index contributed by atoms with van der Waals surface area (Å²) in [5, 5.41) is 2.84. The fourth-order valence-corrected chi connectivity index (χ4v) is 2.73. The van der Waals surface area contributed by atoms with E-state index in [4.69, 9.17) is 10.5 Å². The Morgan fingerprint density at radius 2 is 1.76 bits per heavy atom. The maximum absolute atomic E-state index is 12.6. The lowest BCUT2D eigenvalue weighted by Crippen LogP contribution is -2.13. The van der Waals surface area contributed by atoms with Gasteiger partial charge in [0, 0.05) is 30.2 Å². The standard InChI is InChI=1S/C22H21N3O4/c1-28-21(26)14-29-19-6-4-15(5-7-19)20-12-16(2-3-17(20)13-23)22(27)25-18-8-10-24-11-9-18/h2-12H,13-14,23H2,1H3,(H,24,25,27). The molecule has 3 aromatic rings. The molecule has 0 saturated heterocycles. The average Bonchev–Trinajstić information content (AvgIpc) is 2.78. The number of hydrogen-bond acceptors (Lipinski definition) is 6. The molecule has 0 radical (unpaired) electrons. The van der Waals surface area contributed by atoms with Gasteiger partial charge in [-0.1, -0.05) is 18.2 Å². The van der Waals surface area contributed by atoms with Crippen LogP contribution >= 0.6 is 0 Å². The third kappa shape index (κ3) is 5.18. The van der Waals surface area contributed by atoms with E-state index >= 15 is 0 Å². The van der Waals surface area contributed by atoms with Crippen LogP contribution in [0, 0.1) is 0 Å². The number of ether oxygens (including phenoxy) is 2. The summed E-state index contributed by atoms with van der Waals surface area (Å²) in [6.07, 6.45) is 3.23. The van der Waals surface area contributed by atoms with Gasteiger partial charge >= 0.3 is 5.97 Å². The summed E-state index contributed by atoms with van der Waals surface area (Å²) in [6.45, 7) is 0.177. The van der Waals surface area contributed by atoms with Crippen LogP contribution in [0.2, 0.25) is 0 Å². The van der Waals surface area contributed by atoms with Gasteiger partial charge in [0.1, 0.15) is 5.75 Å². The molecule has 0 saturated carbocycles. The number of pyridine rings is 1. The Balaban J connectivity index is 1.81. The Labute approximate surface area is 168 Å². The number of nitrogens with one attached hydrogen (secondary N) is 1. The number of benzene rings is 2. The van der Waals surface area contributed by atoms with Crippen molar-refractivity contribution in [1.29, 1.82) is 0 Å². The largest absolute Gasteiger partial charge is 0.482 e. The first-order chi connectivity index (χ1) is 14.1. The van der Waals surface area contributed by atoms with E-state index in [1.807, 2.05) is 24.3 Å². The van der Waals surface area contributed by atoms with Crippen molar-refractivity contribution >= 4 is 17.6 Å². The van der Waals surface area contributed by atoms with Gasteiger partial charge in [-0.05, 0) is 53.1 Å². The first kappa shape index (κ1) is 20.0. The first-order valence-electron chi connectivity index (χ1n) is 8.95. The smallest absolute Gasteiger partial charge is 0.343 e. The van der Waals surface area contributed by atoms with Gasteiger partial charge in [0.25, 0.3) is 5.91 Å². The van der Waals surface area contributed by atoms with Gasteiger partial charge in [0.05, 0.1) is 7.11 Å². The molecule has 0 atom stereocenters. The molecule has 7 heteroatoms. The number of rotatable bonds is 7. The van der Waals surface area contributed by atoms with Gasteiger partial charge in [-0.25, -0.2) is 4.79 Å². The van der Waals surface area contributed by atoms with Crippen LogP contribution in [0.5, 0.6) is 5.75 Å². The molecule has 0 fully saturated rings. The van der Waals surface area contributed by atoms with Crippen LogP contribution in [0.1, 0.15) is 15.9 Å². The van der Waals surface area contributed by atoms with E-state index in [1.54, 1.807) is 42.7 Å². The second-order valence-electron chi connectivity index (χ2n) is 6.16. The summed E-state index contributed by atoms with van der Waals surface area (Å²) >= 11 is 0. The number of anilines is 1. The molecule has 7 nitrogen and oxygen atoms in total. The number of nitrogens with two attached hydrogens (primary N) is 1. The van der Waals surface area contributed by atoms with E-state index in [0.29, 0.717) is 23.5 Å². The third-order valence-electron chi connectivity index (χ3n) is 4.28. The summed E-state index contributed by atoms with van der Waals surface area (Å²) in [4.78, 5) is 27.7. The van der Waals surface area contributed by atoms with Crippen molar-refractivity contribution in [2.75, 3.05) is 19.0 Å². The molecule has 2 aromatic carbocycles. The predicted molar refractivity (Wildman–Crippen MR) is 109 cm³/mol. The molecule has 1 amide bonds. The Kier molecular flexibility index (Phi) is 6.55. The number of amides is 1. The highest BCUT2D eigenvalue weighted by molar-refractivity contribution is 6.05.